The molecule has 0 aliphatic rings. The minimum absolute atomic E-state index is 0.123. The molecule has 0 fully saturated rings. The topological polar surface area (TPSA) is 146 Å². The summed E-state index contributed by atoms with van der Waals surface area (Å²) in [6.07, 6.45) is 0. The number of rotatable bonds is 5. The van der Waals surface area contributed by atoms with Crippen LogP contribution in [0.5, 0.6) is 11.6 Å². The molecule has 0 unspecified atom stereocenters. The predicted octanol–water partition coefficient (Wildman–Crippen LogP) is 1.98. The lowest BCUT2D eigenvalue weighted by atomic mass is 10.3. The first-order valence-corrected chi connectivity index (χ1v) is 5.55. The molecule has 10 heteroatoms. The van der Waals surface area contributed by atoms with Crippen molar-refractivity contribution in [1.82, 2.24) is 4.98 Å². The summed E-state index contributed by atoms with van der Waals surface area (Å²) in [7, 11) is 0. The van der Waals surface area contributed by atoms with Gasteiger partial charge < -0.3 is 10.2 Å². The van der Waals surface area contributed by atoms with Gasteiger partial charge in [-0.1, -0.05) is 0 Å². The molecule has 0 saturated carbocycles. The Bertz CT molecular complexity index is 688. The van der Waals surface area contributed by atoms with Crippen molar-refractivity contribution in [2.75, 3.05) is 5.43 Å². The molecule has 1 heterocycles. The van der Waals surface area contributed by atoms with Gasteiger partial charge in [-0.15, -0.1) is 0 Å². The fourth-order valence-corrected chi connectivity index (χ4v) is 1.48. The molecule has 0 bridgehead atoms. The number of anilines is 1. The van der Waals surface area contributed by atoms with E-state index in [1.165, 1.54) is 36.4 Å². The first-order chi connectivity index (χ1) is 10.0. The van der Waals surface area contributed by atoms with Crippen LogP contribution in [0.3, 0.4) is 0 Å². The quantitative estimate of drug-likeness (QED) is 0.482. The Kier molecular flexibility index (Phi) is 3.90. The number of nitrogen functional groups attached to an aromatic ring is 1. The van der Waals surface area contributed by atoms with Crippen molar-refractivity contribution in [1.29, 1.82) is 0 Å². The fourth-order valence-electron chi connectivity index (χ4n) is 1.48. The van der Waals surface area contributed by atoms with Crippen molar-refractivity contribution in [3.8, 4) is 11.6 Å². The first-order valence-electron chi connectivity index (χ1n) is 5.55. The Morgan fingerprint density at radius 2 is 1.71 bits per heavy atom. The van der Waals surface area contributed by atoms with Gasteiger partial charge in [-0.2, -0.15) is 4.98 Å². The fraction of sp³-hybridized carbons (Fsp3) is 0. The van der Waals surface area contributed by atoms with Crippen LogP contribution >= 0.6 is 0 Å². The Morgan fingerprint density at radius 1 is 1.05 bits per heavy atom. The van der Waals surface area contributed by atoms with Crippen molar-refractivity contribution in [2.45, 2.75) is 0 Å². The van der Waals surface area contributed by atoms with Gasteiger partial charge in [0.1, 0.15) is 11.6 Å². The van der Waals surface area contributed by atoms with Crippen LogP contribution in [0.4, 0.5) is 17.2 Å². The van der Waals surface area contributed by atoms with Crippen molar-refractivity contribution < 1.29 is 14.6 Å². The van der Waals surface area contributed by atoms with Crippen LogP contribution in [0, 0.1) is 20.2 Å². The monoisotopic (exact) mass is 291 g/mol. The summed E-state index contributed by atoms with van der Waals surface area (Å²) in [4.78, 5) is 24.0. The molecule has 108 valence electrons. The van der Waals surface area contributed by atoms with E-state index in [-0.39, 0.29) is 28.8 Å². The third-order valence-corrected chi connectivity index (χ3v) is 2.45. The van der Waals surface area contributed by atoms with Crippen LogP contribution in [-0.4, -0.2) is 14.8 Å². The van der Waals surface area contributed by atoms with Crippen molar-refractivity contribution in [3.63, 3.8) is 0 Å². The molecule has 0 radical (unpaired) electrons. The number of nitrogens with zero attached hydrogens (tertiary/aromatic N) is 3. The molecule has 2 rings (SSSR count). The SMILES string of the molecule is NNc1ccc([N+](=O)[O-])c(Oc2ccc([N+](=O)[O-])cc2)n1. The maximum Gasteiger partial charge on any atom is 0.331 e. The van der Waals surface area contributed by atoms with Crippen LogP contribution < -0.4 is 16.0 Å². The number of hydrogen-bond donors (Lipinski definition) is 2. The summed E-state index contributed by atoms with van der Waals surface area (Å²) in [6, 6.07) is 7.56. The van der Waals surface area contributed by atoms with E-state index < -0.39 is 9.85 Å². The summed E-state index contributed by atoms with van der Waals surface area (Å²) in [5, 5.41) is 21.4. The van der Waals surface area contributed by atoms with Crippen molar-refractivity contribution in [3.05, 3.63) is 56.6 Å². The second kappa shape index (κ2) is 5.79. The normalized spacial score (nSPS) is 9.95. The number of nitro groups is 2. The number of hydrogen-bond acceptors (Lipinski definition) is 8. The number of nitrogens with one attached hydrogen (secondary N) is 1. The van der Waals surface area contributed by atoms with Gasteiger partial charge in [-0.25, -0.2) is 5.84 Å². The minimum Gasteiger partial charge on any atom is -0.434 e. The van der Waals surface area contributed by atoms with E-state index in [2.05, 4.69) is 10.4 Å². The van der Waals surface area contributed by atoms with Crippen LogP contribution in [0.25, 0.3) is 0 Å². The molecule has 2 aromatic rings. The second-order valence-electron chi connectivity index (χ2n) is 3.78. The van der Waals surface area contributed by atoms with Crippen molar-refractivity contribution >= 4 is 17.2 Å². The summed E-state index contributed by atoms with van der Waals surface area (Å²) < 4.78 is 5.28. The number of benzene rings is 1. The largest absolute Gasteiger partial charge is 0.434 e. The van der Waals surface area contributed by atoms with Crippen LogP contribution in [0.15, 0.2) is 36.4 Å². The third kappa shape index (κ3) is 3.19. The lowest BCUT2D eigenvalue weighted by molar-refractivity contribution is -0.386. The van der Waals surface area contributed by atoms with E-state index in [0.717, 1.165) is 0 Å². The standard InChI is InChI=1S/C11H9N5O5/c12-14-10-6-5-9(16(19)20)11(13-10)21-8-3-1-7(2-4-8)15(17)18/h1-6H,12H2,(H,13,14). The number of aromatic nitrogens is 1. The Morgan fingerprint density at radius 3 is 2.24 bits per heavy atom. The highest BCUT2D eigenvalue weighted by atomic mass is 16.6. The zero-order valence-corrected chi connectivity index (χ0v) is 10.4. The highest BCUT2D eigenvalue weighted by Crippen LogP contribution is 2.31. The number of nitrogens with two attached hydrogens (primary N) is 1. The lowest BCUT2D eigenvalue weighted by Gasteiger charge is -2.06. The summed E-state index contributed by atoms with van der Waals surface area (Å²) in [5.74, 6) is 5.25. The highest BCUT2D eigenvalue weighted by molar-refractivity contribution is 5.50. The van der Waals surface area contributed by atoms with E-state index >= 15 is 0 Å². The summed E-state index contributed by atoms with van der Waals surface area (Å²) in [5.41, 5.74) is 1.76. The zero-order chi connectivity index (χ0) is 15.4. The lowest BCUT2D eigenvalue weighted by Crippen LogP contribution is -2.09. The number of ether oxygens (including phenoxy) is 1. The molecule has 0 saturated heterocycles. The van der Waals surface area contributed by atoms with Gasteiger partial charge in [0, 0.05) is 18.2 Å². The number of non-ortho nitro benzene ring substituents is 1. The van der Waals surface area contributed by atoms with Crippen LogP contribution in [-0.2, 0) is 0 Å². The van der Waals surface area contributed by atoms with Gasteiger partial charge in [0.05, 0.1) is 9.85 Å². The second-order valence-corrected chi connectivity index (χ2v) is 3.78. The van der Waals surface area contributed by atoms with Gasteiger partial charge >= 0.3 is 11.6 Å². The maximum absolute atomic E-state index is 10.9. The smallest absolute Gasteiger partial charge is 0.331 e. The summed E-state index contributed by atoms with van der Waals surface area (Å²) >= 11 is 0. The molecule has 0 amide bonds. The van der Waals surface area contributed by atoms with E-state index in [0.29, 0.717) is 0 Å². The minimum atomic E-state index is -0.659. The molecule has 0 aliphatic heterocycles. The summed E-state index contributed by atoms with van der Waals surface area (Å²) in [6.45, 7) is 0. The molecule has 1 aromatic carbocycles. The molecule has 1 aromatic heterocycles. The van der Waals surface area contributed by atoms with E-state index in [1.54, 1.807) is 0 Å². The first kappa shape index (κ1) is 14.1. The van der Waals surface area contributed by atoms with Gasteiger partial charge in [0.2, 0.25) is 0 Å². The Hall–Kier alpha value is -3.27. The Labute approximate surface area is 117 Å². The van der Waals surface area contributed by atoms with Crippen molar-refractivity contribution in [2.24, 2.45) is 5.84 Å². The van der Waals surface area contributed by atoms with E-state index in [1.807, 2.05) is 0 Å². The van der Waals surface area contributed by atoms with Crippen LogP contribution in [0.1, 0.15) is 0 Å². The molecule has 0 atom stereocenters. The number of pyridine rings is 1. The van der Waals surface area contributed by atoms with E-state index in [9.17, 15) is 20.2 Å². The molecule has 10 nitrogen and oxygen atoms in total. The zero-order valence-electron chi connectivity index (χ0n) is 10.4. The number of nitro benzene ring substituents is 1. The van der Waals surface area contributed by atoms with E-state index in [4.69, 9.17) is 10.6 Å². The van der Waals surface area contributed by atoms with Gasteiger partial charge in [-0.3, -0.25) is 20.2 Å². The number of hydrazine groups is 1. The molecular weight excluding hydrogens is 282 g/mol. The van der Waals surface area contributed by atoms with Gasteiger partial charge in [0.25, 0.3) is 5.69 Å². The maximum atomic E-state index is 10.9. The third-order valence-electron chi connectivity index (χ3n) is 2.45. The molecular formula is C11H9N5O5. The molecule has 3 N–H and O–H groups in total. The van der Waals surface area contributed by atoms with Gasteiger partial charge in [-0.05, 0) is 18.2 Å². The Balaban J connectivity index is 2.33. The molecule has 0 spiro atoms. The average Bonchev–Trinajstić information content (AvgIpc) is 2.47. The molecule has 0 aliphatic carbocycles. The highest BCUT2D eigenvalue weighted by Gasteiger charge is 2.18. The predicted molar refractivity (Wildman–Crippen MR) is 71.9 cm³/mol. The molecule has 21 heavy (non-hydrogen) atoms. The van der Waals surface area contributed by atoms with Gasteiger partial charge in [0.15, 0.2) is 0 Å². The van der Waals surface area contributed by atoms with Crippen LogP contribution in [0.2, 0.25) is 0 Å². The average molecular weight is 291 g/mol.